The van der Waals surface area contributed by atoms with Crippen molar-refractivity contribution < 1.29 is 18.3 Å². The maximum absolute atomic E-state index is 10.9. The van der Waals surface area contributed by atoms with Crippen molar-refractivity contribution in [1.29, 1.82) is 0 Å². The van der Waals surface area contributed by atoms with E-state index in [0.717, 1.165) is 22.6 Å². The molecule has 0 rings (SSSR count). The third-order valence-corrected chi connectivity index (χ3v) is 0.976. The Balaban J connectivity index is 3.54. The van der Waals surface area contributed by atoms with Crippen LogP contribution in [0.5, 0.6) is 0 Å². The van der Waals surface area contributed by atoms with Gasteiger partial charge in [-0.2, -0.15) is 13.2 Å². The summed E-state index contributed by atoms with van der Waals surface area (Å²) >= 11 is 0.880. The molecule has 0 saturated carbocycles. The molecule has 1 atom stereocenters. The van der Waals surface area contributed by atoms with Gasteiger partial charge in [0, 0.05) is 0 Å². The topological polar surface area (TPSA) is 20.2 Å². The molecule has 0 aromatic rings. The third kappa shape index (κ3) is 3.10. The minimum atomic E-state index is -4.46. The quantitative estimate of drug-likeness (QED) is 0.487. The van der Waals surface area contributed by atoms with E-state index in [1.807, 2.05) is 0 Å². The number of aliphatic hydroxyl groups is 1. The highest BCUT2D eigenvalue weighted by atomic mass is 127. The van der Waals surface area contributed by atoms with E-state index in [9.17, 15) is 13.2 Å². The van der Waals surface area contributed by atoms with Gasteiger partial charge in [0.1, 0.15) is 0 Å². The first-order chi connectivity index (χ1) is 2.94. The van der Waals surface area contributed by atoms with E-state index < -0.39 is 10.3 Å². The van der Waals surface area contributed by atoms with Gasteiger partial charge in [-0.3, -0.25) is 0 Å². The molecule has 0 bridgehead atoms. The number of halogens is 4. The van der Waals surface area contributed by atoms with E-state index in [2.05, 4.69) is 0 Å². The first-order valence-electron chi connectivity index (χ1n) is 1.33. The summed E-state index contributed by atoms with van der Waals surface area (Å²) in [6.45, 7) is 0. The molecule has 0 aliphatic heterocycles. The average Bonchev–Trinajstić information content (AvgIpc) is 1.31. The molecule has 0 aliphatic rings. The summed E-state index contributed by atoms with van der Waals surface area (Å²) in [5.74, 6) is 0. The Hall–Kier alpha value is 0.480. The maximum Gasteiger partial charge on any atom is 0.423 e. The molecule has 0 aliphatic carbocycles. The second-order valence-corrected chi connectivity index (χ2v) is 2.06. The predicted molar refractivity (Wildman–Crippen MR) is 26.1 cm³/mol. The molecule has 0 amide bonds. The summed E-state index contributed by atoms with van der Waals surface area (Å²) in [6, 6.07) is 0. The first-order valence-corrected chi connectivity index (χ1v) is 2.58. The summed E-state index contributed by atoms with van der Waals surface area (Å²) in [6.07, 6.45) is -4.46. The lowest BCUT2D eigenvalue weighted by molar-refractivity contribution is -0.167. The highest BCUT2D eigenvalue weighted by Gasteiger charge is 2.35. The summed E-state index contributed by atoms with van der Waals surface area (Å²) in [5.41, 5.74) is 0. The van der Waals surface area contributed by atoms with E-state index >= 15 is 0 Å². The Morgan fingerprint density at radius 3 is 1.57 bits per heavy atom. The van der Waals surface area contributed by atoms with E-state index in [1.165, 1.54) is 0 Å². The molecule has 1 unspecified atom stereocenters. The molecule has 5 heteroatoms. The maximum atomic E-state index is 10.9. The second kappa shape index (κ2) is 2.17. The van der Waals surface area contributed by atoms with Gasteiger partial charge < -0.3 is 5.11 Å². The zero-order valence-corrected chi connectivity index (χ0v) is 5.19. The summed E-state index contributed by atoms with van der Waals surface area (Å²) in [5, 5.41) is 7.75. The number of aliphatic hydroxyl groups excluding tert-OH is 1. The van der Waals surface area contributed by atoms with E-state index in [-0.39, 0.29) is 0 Å². The number of hydrogen-bond acceptors (Lipinski definition) is 1. The second-order valence-electron chi connectivity index (χ2n) is 0.877. The fourth-order valence-corrected chi connectivity index (χ4v) is 0. The number of hydrogen-bond donors (Lipinski definition) is 1. The van der Waals surface area contributed by atoms with Gasteiger partial charge in [-0.25, -0.2) is 0 Å². The van der Waals surface area contributed by atoms with Gasteiger partial charge in [-0.05, 0) is 22.6 Å². The lowest BCUT2D eigenvalue weighted by Gasteiger charge is -2.04. The molecule has 0 spiro atoms. The summed E-state index contributed by atoms with van der Waals surface area (Å²) in [4.78, 5) is 0. The normalized spacial score (nSPS) is 16.7. The van der Waals surface area contributed by atoms with Crippen molar-refractivity contribution in [1.82, 2.24) is 0 Å². The molecule has 0 saturated heterocycles. The van der Waals surface area contributed by atoms with Gasteiger partial charge in [-0.1, -0.05) is 0 Å². The van der Waals surface area contributed by atoms with Crippen LogP contribution in [-0.2, 0) is 0 Å². The first kappa shape index (κ1) is 7.48. The zero-order valence-electron chi connectivity index (χ0n) is 3.04. The number of rotatable bonds is 0. The average molecular weight is 226 g/mol. The van der Waals surface area contributed by atoms with Gasteiger partial charge in [0.05, 0.1) is 0 Å². The molecule has 44 valence electrons. The van der Waals surface area contributed by atoms with E-state index in [1.54, 1.807) is 0 Å². The van der Waals surface area contributed by atoms with Gasteiger partial charge in [0.15, 0.2) is 0 Å². The van der Waals surface area contributed by atoms with Crippen LogP contribution in [0, 0.1) is 0 Å². The molecule has 0 aromatic heterocycles. The minimum absolute atomic E-state index is 0.880. The third-order valence-electron chi connectivity index (χ3n) is 0.270. The van der Waals surface area contributed by atoms with Crippen LogP contribution in [0.3, 0.4) is 0 Å². The molecule has 7 heavy (non-hydrogen) atoms. The van der Waals surface area contributed by atoms with Gasteiger partial charge in [0.2, 0.25) is 4.11 Å². The zero-order chi connectivity index (χ0) is 6.08. The SMILES string of the molecule is OC(I)C(F)(F)F. The van der Waals surface area contributed by atoms with Gasteiger partial charge in [-0.15, -0.1) is 0 Å². The molecule has 0 radical (unpaired) electrons. The lowest BCUT2D eigenvalue weighted by Crippen LogP contribution is -2.21. The number of alkyl halides is 4. The van der Waals surface area contributed by atoms with Crippen LogP contribution in [0.25, 0.3) is 0 Å². The largest absolute Gasteiger partial charge is 0.423 e. The molecule has 1 nitrogen and oxygen atoms in total. The fraction of sp³-hybridized carbons (Fsp3) is 1.00. The molecular weight excluding hydrogens is 224 g/mol. The molecule has 0 heterocycles. The van der Waals surface area contributed by atoms with E-state index in [0.29, 0.717) is 0 Å². The Kier molecular flexibility index (Phi) is 2.31. The van der Waals surface area contributed by atoms with Crippen molar-refractivity contribution in [3.63, 3.8) is 0 Å². The molecular formula is C2H2F3IO. The summed E-state index contributed by atoms with van der Waals surface area (Å²) < 4.78 is 30.5. The van der Waals surface area contributed by atoms with Crippen molar-refractivity contribution >= 4 is 22.6 Å². The highest BCUT2D eigenvalue weighted by Crippen LogP contribution is 2.23. The van der Waals surface area contributed by atoms with Crippen LogP contribution in [0.4, 0.5) is 13.2 Å². The molecule has 0 fully saturated rings. The predicted octanol–water partition coefficient (Wildman–Crippen LogP) is 1.30. The smallest absolute Gasteiger partial charge is 0.374 e. The van der Waals surface area contributed by atoms with Crippen LogP contribution >= 0.6 is 22.6 Å². The lowest BCUT2D eigenvalue weighted by atomic mass is 10.7. The van der Waals surface area contributed by atoms with E-state index in [4.69, 9.17) is 5.11 Å². The Morgan fingerprint density at radius 1 is 1.43 bits per heavy atom. The van der Waals surface area contributed by atoms with Crippen molar-refractivity contribution in [3.05, 3.63) is 0 Å². The van der Waals surface area contributed by atoms with Crippen LogP contribution in [0.2, 0.25) is 0 Å². The van der Waals surface area contributed by atoms with Crippen molar-refractivity contribution in [2.45, 2.75) is 10.3 Å². The van der Waals surface area contributed by atoms with Crippen molar-refractivity contribution in [2.75, 3.05) is 0 Å². The van der Waals surface area contributed by atoms with Crippen LogP contribution in [0.15, 0.2) is 0 Å². The summed E-state index contributed by atoms with van der Waals surface area (Å²) in [7, 11) is 0. The van der Waals surface area contributed by atoms with Crippen LogP contribution in [0.1, 0.15) is 0 Å². The Bertz CT molecular complexity index is 58.4. The van der Waals surface area contributed by atoms with Gasteiger partial charge in [0.25, 0.3) is 0 Å². The fourth-order valence-electron chi connectivity index (χ4n) is 0. The van der Waals surface area contributed by atoms with Gasteiger partial charge >= 0.3 is 6.18 Å². The molecule has 1 N–H and O–H groups in total. The Labute approximate surface area is 51.7 Å². The van der Waals surface area contributed by atoms with Crippen molar-refractivity contribution in [2.24, 2.45) is 0 Å². The van der Waals surface area contributed by atoms with Crippen LogP contribution < -0.4 is 0 Å². The van der Waals surface area contributed by atoms with Crippen LogP contribution in [-0.4, -0.2) is 15.4 Å². The Morgan fingerprint density at radius 2 is 1.57 bits per heavy atom. The van der Waals surface area contributed by atoms with Crippen molar-refractivity contribution in [3.8, 4) is 0 Å². The standard InChI is InChI=1S/C2H2F3IO/c3-2(4,5)1(6)7/h1,7H. The monoisotopic (exact) mass is 226 g/mol. The molecule has 0 aromatic carbocycles. The minimum Gasteiger partial charge on any atom is -0.374 e. The highest BCUT2D eigenvalue weighted by molar-refractivity contribution is 14.1.